The molecule has 0 bridgehead atoms. The van der Waals surface area contributed by atoms with Gasteiger partial charge < -0.3 is 0 Å². The third kappa shape index (κ3) is 2.55. The van der Waals surface area contributed by atoms with Gasteiger partial charge in [0.1, 0.15) is 0 Å². The summed E-state index contributed by atoms with van der Waals surface area (Å²) in [5, 5.41) is 0. The first-order chi connectivity index (χ1) is 9.09. The molecule has 0 aliphatic carbocycles. The van der Waals surface area contributed by atoms with Crippen LogP contribution in [0, 0.1) is 0 Å². The molecule has 3 aliphatic heterocycles. The van der Waals surface area contributed by atoms with E-state index in [1.54, 1.807) is 8.61 Å². The van der Waals surface area contributed by atoms with E-state index in [0.29, 0.717) is 25.7 Å². The van der Waals surface area contributed by atoms with Gasteiger partial charge in [0.15, 0.2) is 0 Å². The van der Waals surface area contributed by atoms with Crippen molar-refractivity contribution in [2.24, 2.45) is 0 Å². The van der Waals surface area contributed by atoms with Gasteiger partial charge in [0.25, 0.3) is 10.2 Å². The molecular weight excluding hydrogens is 262 g/mol. The Balaban J connectivity index is 1.76. The molecule has 3 saturated heterocycles. The minimum absolute atomic E-state index is 0.112. The maximum absolute atomic E-state index is 12.8. The van der Waals surface area contributed by atoms with Crippen molar-refractivity contribution < 1.29 is 8.42 Å². The molecule has 5 nitrogen and oxygen atoms in total. The summed E-state index contributed by atoms with van der Waals surface area (Å²) in [4.78, 5) is 2.47. The van der Waals surface area contributed by atoms with Gasteiger partial charge in [0.2, 0.25) is 0 Å². The zero-order valence-electron chi connectivity index (χ0n) is 11.8. The van der Waals surface area contributed by atoms with E-state index in [1.165, 1.54) is 6.42 Å². The minimum atomic E-state index is -3.23. The molecule has 19 heavy (non-hydrogen) atoms. The normalized spacial score (nSPS) is 35.4. The third-order valence-corrected chi connectivity index (χ3v) is 6.94. The molecule has 110 valence electrons. The SMILES string of the molecule is C[C@H]1CN2CCC[C@@H]2CN1S(=O)(=O)N1CCCCC1. The van der Waals surface area contributed by atoms with Crippen LogP contribution in [0.4, 0.5) is 0 Å². The summed E-state index contributed by atoms with van der Waals surface area (Å²) >= 11 is 0. The van der Waals surface area contributed by atoms with Gasteiger partial charge in [-0.05, 0) is 39.2 Å². The van der Waals surface area contributed by atoms with Gasteiger partial charge in [-0.25, -0.2) is 0 Å². The van der Waals surface area contributed by atoms with Crippen LogP contribution in [0.5, 0.6) is 0 Å². The maximum atomic E-state index is 12.8. The molecule has 3 heterocycles. The fourth-order valence-corrected chi connectivity index (χ4v) is 5.62. The Bertz CT molecular complexity index is 420. The highest BCUT2D eigenvalue weighted by atomic mass is 32.2. The van der Waals surface area contributed by atoms with E-state index in [2.05, 4.69) is 11.8 Å². The highest BCUT2D eigenvalue weighted by Gasteiger charge is 2.41. The van der Waals surface area contributed by atoms with Gasteiger partial charge in [-0.2, -0.15) is 17.0 Å². The predicted octanol–water partition coefficient (Wildman–Crippen LogP) is 0.886. The third-order valence-electron chi connectivity index (χ3n) is 4.82. The molecule has 0 aromatic rings. The van der Waals surface area contributed by atoms with Gasteiger partial charge in [-0.1, -0.05) is 6.42 Å². The molecule has 0 radical (unpaired) electrons. The van der Waals surface area contributed by atoms with Crippen LogP contribution in [-0.4, -0.2) is 66.7 Å². The number of hydrogen-bond acceptors (Lipinski definition) is 3. The van der Waals surface area contributed by atoms with Crippen molar-refractivity contribution in [3.63, 3.8) is 0 Å². The highest BCUT2D eigenvalue weighted by molar-refractivity contribution is 7.86. The topological polar surface area (TPSA) is 43.9 Å². The molecule has 2 atom stereocenters. The summed E-state index contributed by atoms with van der Waals surface area (Å²) in [6.07, 6.45) is 5.56. The van der Waals surface area contributed by atoms with Crippen LogP contribution in [0.2, 0.25) is 0 Å². The van der Waals surface area contributed by atoms with Crippen LogP contribution in [0.25, 0.3) is 0 Å². The van der Waals surface area contributed by atoms with Crippen molar-refractivity contribution in [1.82, 2.24) is 13.5 Å². The number of piperazine rings is 1. The van der Waals surface area contributed by atoms with Gasteiger partial charge in [0.05, 0.1) is 0 Å². The lowest BCUT2D eigenvalue weighted by atomic mass is 10.1. The van der Waals surface area contributed by atoms with Crippen LogP contribution >= 0.6 is 0 Å². The summed E-state index contributed by atoms with van der Waals surface area (Å²) in [5.41, 5.74) is 0. The smallest absolute Gasteiger partial charge is 0.282 e. The first kappa shape index (κ1) is 13.8. The maximum Gasteiger partial charge on any atom is 0.282 e. The van der Waals surface area contributed by atoms with Gasteiger partial charge in [0, 0.05) is 38.3 Å². The van der Waals surface area contributed by atoms with Gasteiger partial charge in [-0.3, -0.25) is 4.90 Å². The average molecular weight is 287 g/mol. The van der Waals surface area contributed by atoms with E-state index < -0.39 is 10.2 Å². The molecular formula is C13H25N3O2S. The Morgan fingerprint density at radius 3 is 2.42 bits per heavy atom. The lowest BCUT2D eigenvalue weighted by Gasteiger charge is -2.43. The molecule has 0 aromatic carbocycles. The molecule has 6 heteroatoms. The van der Waals surface area contributed by atoms with Crippen molar-refractivity contribution in [3.8, 4) is 0 Å². The molecule has 0 N–H and O–H groups in total. The monoisotopic (exact) mass is 287 g/mol. The lowest BCUT2D eigenvalue weighted by Crippen LogP contribution is -2.60. The Morgan fingerprint density at radius 2 is 1.68 bits per heavy atom. The molecule has 0 spiro atoms. The standard InChI is InChI=1S/C13H25N3O2S/c1-12-10-14-7-5-6-13(14)11-16(12)19(17,18)15-8-3-2-4-9-15/h12-13H,2-11H2,1H3/t12-,13+/m0/s1. The molecule has 3 rings (SSSR count). The van der Waals surface area contributed by atoms with Crippen molar-refractivity contribution in [2.75, 3.05) is 32.7 Å². The Labute approximate surface area is 116 Å². The van der Waals surface area contributed by atoms with Crippen molar-refractivity contribution in [3.05, 3.63) is 0 Å². The summed E-state index contributed by atoms with van der Waals surface area (Å²) in [5.74, 6) is 0. The first-order valence-electron chi connectivity index (χ1n) is 7.60. The zero-order chi connectivity index (χ0) is 13.5. The van der Waals surface area contributed by atoms with E-state index in [9.17, 15) is 8.42 Å². The summed E-state index contributed by atoms with van der Waals surface area (Å²) < 4.78 is 29.0. The van der Waals surface area contributed by atoms with Crippen molar-refractivity contribution in [2.45, 2.75) is 51.1 Å². The Kier molecular flexibility index (Phi) is 3.86. The fraction of sp³-hybridized carbons (Fsp3) is 1.00. The lowest BCUT2D eigenvalue weighted by molar-refractivity contribution is 0.110. The van der Waals surface area contributed by atoms with Gasteiger partial charge in [-0.15, -0.1) is 0 Å². The quantitative estimate of drug-likeness (QED) is 0.757. The van der Waals surface area contributed by atoms with Crippen LogP contribution in [-0.2, 0) is 10.2 Å². The number of nitrogens with zero attached hydrogens (tertiary/aromatic N) is 3. The van der Waals surface area contributed by atoms with Crippen LogP contribution in [0.15, 0.2) is 0 Å². The van der Waals surface area contributed by atoms with Crippen LogP contribution < -0.4 is 0 Å². The Hall–Kier alpha value is -0.170. The van der Waals surface area contributed by atoms with Crippen LogP contribution in [0.3, 0.4) is 0 Å². The molecule has 0 aromatic heterocycles. The molecule has 3 fully saturated rings. The van der Waals surface area contributed by atoms with Crippen molar-refractivity contribution >= 4 is 10.2 Å². The highest BCUT2D eigenvalue weighted by Crippen LogP contribution is 2.28. The van der Waals surface area contributed by atoms with Gasteiger partial charge >= 0.3 is 0 Å². The van der Waals surface area contributed by atoms with Crippen molar-refractivity contribution in [1.29, 1.82) is 0 Å². The largest absolute Gasteiger partial charge is 0.297 e. The van der Waals surface area contributed by atoms with E-state index in [-0.39, 0.29) is 6.04 Å². The van der Waals surface area contributed by atoms with Crippen LogP contribution in [0.1, 0.15) is 39.0 Å². The molecule has 0 amide bonds. The second-order valence-corrected chi connectivity index (χ2v) is 8.06. The van der Waals surface area contributed by atoms with E-state index in [0.717, 1.165) is 38.8 Å². The van der Waals surface area contributed by atoms with E-state index in [1.807, 2.05) is 0 Å². The fourth-order valence-electron chi connectivity index (χ4n) is 3.73. The number of hydrogen-bond donors (Lipinski definition) is 0. The zero-order valence-corrected chi connectivity index (χ0v) is 12.6. The number of fused-ring (bicyclic) bond motifs is 1. The van der Waals surface area contributed by atoms with E-state index in [4.69, 9.17) is 0 Å². The first-order valence-corrected chi connectivity index (χ1v) is 9.00. The molecule has 0 unspecified atom stereocenters. The summed E-state index contributed by atoms with van der Waals surface area (Å²) in [7, 11) is -3.23. The van der Waals surface area contributed by atoms with E-state index >= 15 is 0 Å². The predicted molar refractivity (Wildman–Crippen MR) is 75.1 cm³/mol. The Morgan fingerprint density at radius 1 is 0.947 bits per heavy atom. The number of piperidine rings is 1. The second-order valence-electron chi connectivity index (χ2n) is 6.18. The molecule has 0 saturated carbocycles. The average Bonchev–Trinajstić information content (AvgIpc) is 2.85. The summed E-state index contributed by atoms with van der Waals surface area (Å²) in [6.45, 7) is 6.21. The minimum Gasteiger partial charge on any atom is -0.297 e. The molecule has 3 aliphatic rings. The number of rotatable bonds is 2. The second kappa shape index (κ2) is 5.31. The summed E-state index contributed by atoms with van der Waals surface area (Å²) in [6, 6.07) is 0.567.